The molecule has 0 bridgehead atoms. The lowest BCUT2D eigenvalue weighted by atomic mass is 10.3. The largest absolute Gasteiger partial charge is 0.507 e. The van der Waals surface area contributed by atoms with Crippen LogP contribution in [0.5, 0.6) is 5.75 Å². The molecule has 3 heteroatoms. The number of thioether (sulfide) groups is 1. The number of rotatable bonds is 6. The van der Waals surface area contributed by atoms with Gasteiger partial charge in [-0.25, -0.2) is 0 Å². The Bertz CT molecular complexity index is 289. The van der Waals surface area contributed by atoms with Crippen molar-refractivity contribution in [3.63, 3.8) is 0 Å². The Labute approximate surface area is 96.1 Å². The van der Waals surface area contributed by atoms with Gasteiger partial charge in [-0.05, 0) is 30.9 Å². The Morgan fingerprint density at radius 3 is 2.73 bits per heavy atom. The molecular formula is C12H19NOS. The van der Waals surface area contributed by atoms with E-state index in [0.717, 1.165) is 23.6 Å². The highest BCUT2D eigenvalue weighted by Crippen LogP contribution is 2.27. The van der Waals surface area contributed by atoms with Crippen LogP contribution in [-0.2, 0) is 0 Å². The van der Waals surface area contributed by atoms with E-state index in [1.165, 1.54) is 0 Å². The van der Waals surface area contributed by atoms with Crippen molar-refractivity contribution in [2.24, 2.45) is 0 Å². The normalized spacial score (nSPS) is 10.9. The van der Waals surface area contributed by atoms with Crippen LogP contribution in [0.15, 0.2) is 29.2 Å². The van der Waals surface area contributed by atoms with Gasteiger partial charge < -0.3 is 10.4 Å². The molecule has 0 radical (unpaired) electrons. The van der Waals surface area contributed by atoms with Gasteiger partial charge in [0.1, 0.15) is 5.75 Å². The SMILES string of the molecule is CC(C)NCCCSc1ccccc1O. The molecule has 1 rings (SSSR count). The summed E-state index contributed by atoms with van der Waals surface area (Å²) in [7, 11) is 0. The Morgan fingerprint density at radius 2 is 2.07 bits per heavy atom. The third-order valence-electron chi connectivity index (χ3n) is 2.00. The molecule has 0 unspecified atom stereocenters. The van der Waals surface area contributed by atoms with E-state index in [9.17, 15) is 5.11 Å². The summed E-state index contributed by atoms with van der Waals surface area (Å²) in [6, 6.07) is 8.04. The third-order valence-corrected chi connectivity index (χ3v) is 3.15. The van der Waals surface area contributed by atoms with Crippen LogP contribution < -0.4 is 5.32 Å². The molecule has 0 fully saturated rings. The molecule has 0 aliphatic rings. The van der Waals surface area contributed by atoms with Gasteiger partial charge in [-0.3, -0.25) is 0 Å². The second-order valence-electron chi connectivity index (χ2n) is 3.78. The molecule has 2 nitrogen and oxygen atoms in total. The Hall–Kier alpha value is -0.670. The highest BCUT2D eigenvalue weighted by atomic mass is 32.2. The molecule has 0 amide bonds. The predicted octanol–water partition coefficient (Wildman–Crippen LogP) is 2.87. The number of hydrogen-bond donors (Lipinski definition) is 2. The van der Waals surface area contributed by atoms with Crippen LogP contribution in [0, 0.1) is 0 Å². The van der Waals surface area contributed by atoms with Crippen molar-refractivity contribution in [2.45, 2.75) is 31.2 Å². The predicted molar refractivity (Wildman–Crippen MR) is 66.6 cm³/mol. The van der Waals surface area contributed by atoms with E-state index >= 15 is 0 Å². The fraction of sp³-hybridized carbons (Fsp3) is 0.500. The smallest absolute Gasteiger partial charge is 0.129 e. The Morgan fingerprint density at radius 1 is 1.33 bits per heavy atom. The van der Waals surface area contributed by atoms with Gasteiger partial charge in [0.2, 0.25) is 0 Å². The highest BCUT2D eigenvalue weighted by molar-refractivity contribution is 7.99. The van der Waals surface area contributed by atoms with Gasteiger partial charge in [-0.15, -0.1) is 11.8 Å². The van der Waals surface area contributed by atoms with Crippen LogP contribution in [0.4, 0.5) is 0 Å². The molecule has 0 aliphatic heterocycles. The van der Waals surface area contributed by atoms with Gasteiger partial charge >= 0.3 is 0 Å². The number of phenols is 1. The van der Waals surface area contributed by atoms with E-state index in [1.54, 1.807) is 17.8 Å². The molecule has 15 heavy (non-hydrogen) atoms. The van der Waals surface area contributed by atoms with Crippen molar-refractivity contribution in [2.75, 3.05) is 12.3 Å². The quantitative estimate of drug-likeness (QED) is 0.577. The summed E-state index contributed by atoms with van der Waals surface area (Å²) in [6.07, 6.45) is 1.12. The second-order valence-corrected chi connectivity index (χ2v) is 4.92. The van der Waals surface area contributed by atoms with Crippen LogP contribution in [0.25, 0.3) is 0 Å². The van der Waals surface area contributed by atoms with Crippen LogP contribution in [-0.4, -0.2) is 23.4 Å². The molecule has 0 aromatic heterocycles. The van der Waals surface area contributed by atoms with Gasteiger partial charge in [0.15, 0.2) is 0 Å². The van der Waals surface area contributed by atoms with Crippen LogP contribution in [0.1, 0.15) is 20.3 Å². The first-order valence-corrected chi connectivity index (χ1v) is 6.33. The lowest BCUT2D eigenvalue weighted by Crippen LogP contribution is -2.23. The van der Waals surface area contributed by atoms with E-state index in [2.05, 4.69) is 19.2 Å². The standard InChI is InChI=1S/C12H19NOS/c1-10(2)13-8-5-9-15-12-7-4-3-6-11(12)14/h3-4,6-7,10,13-14H,5,8-9H2,1-2H3. The number of para-hydroxylation sites is 1. The molecule has 1 aromatic carbocycles. The average molecular weight is 225 g/mol. The first-order valence-electron chi connectivity index (χ1n) is 5.34. The topological polar surface area (TPSA) is 32.3 Å². The second kappa shape index (κ2) is 6.75. The molecule has 0 atom stereocenters. The van der Waals surface area contributed by atoms with Crippen molar-refractivity contribution in [3.8, 4) is 5.75 Å². The highest BCUT2D eigenvalue weighted by Gasteiger charge is 1.99. The van der Waals surface area contributed by atoms with Gasteiger partial charge in [-0.2, -0.15) is 0 Å². The maximum absolute atomic E-state index is 9.52. The molecule has 0 saturated carbocycles. The molecule has 0 spiro atoms. The van der Waals surface area contributed by atoms with Gasteiger partial charge in [0.25, 0.3) is 0 Å². The number of hydrogen-bond acceptors (Lipinski definition) is 3. The Balaban J connectivity index is 2.18. The summed E-state index contributed by atoms with van der Waals surface area (Å²) in [5, 5.41) is 12.9. The van der Waals surface area contributed by atoms with Crippen LogP contribution >= 0.6 is 11.8 Å². The molecule has 0 heterocycles. The summed E-state index contributed by atoms with van der Waals surface area (Å²) in [4.78, 5) is 0.974. The van der Waals surface area contributed by atoms with Crippen molar-refractivity contribution < 1.29 is 5.11 Å². The fourth-order valence-electron chi connectivity index (χ4n) is 1.22. The molecule has 0 aliphatic carbocycles. The van der Waals surface area contributed by atoms with Crippen molar-refractivity contribution in [3.05, 3.63) is 24.3 Å². The minimum Gasteiger partial charge on any atom is -0.507 e. The van der Waals surface area contributed by atoms with Gasteiger partial charge in [-0.1, -0.05) is 26.0 Å². The summed E-state index contributed by atoms with van der Waals surface area (Å²) in [5.74, 6) is 1.43. The van der Waals surface area contributed by atoms with E-state index in [1.807, 2.05) is 18.2 Å². The molecule has 0 saturated heterocycles. The van der Waals surface area contributed by atoms with E-state index in [0.29, 0.717) is 11.8 Å². The number of benzene rings is 1. The summed E-state index contributed by atoms with van der Waals surface area (Å²) in [5.41, 5.74) is 0. The lowest BCUT2D eigenvalue weighted by molar-refractivity contribution is 0.462. The first-order chi connectivity index (χ1) is 7.20. The van der Waals surface area contributed by atoms with Crippen molar-refractivity contribution in [1.29, 1.82) is 0 Å². The minimum atomic E-state index is 0.388. The van der Waals surface area contributed by atoms with E-state index in [-0.39, 0.29) is 0 Å². The fourth-order valence-corrected chi connectivity index (χ4v) is 2.12. The first kappa shape index (κ1) is 12.4. The van der Waals surface area contributed by atoms with Crippen molar-refractivity contribution in [1.82, 2.24) is 5.32 Å². The number of phenolic OH excluding ortho intramolecular Hbond substituents is 1. The maximum Gasteiger partial charge on any atom is 0.129 e. The summed E-state index contributed by atoms with van der Waals surface area (Å²) < 4.78 is 0. The minimum absolute atomic E-state index is 0.388. The average Bonchev–Trinajstić information content (AvgIpc) is 2.20. The van der Waals surface area contributed by atoms with Crippen LogP contribution in [0.3, 0.4) is 0 Å². The zero-order chi connectivity index (χ0) is 11.1. The van der Waals surface area contributed by atoms with Crippen LogP contribution in [0.2, 0.25) is 0 Å². The number of nitrogens with one attached hydrogen (secondary N) is 1. The monoisotopic (exact) mass is 225 g/mol. The zero-order valence-electron chi connectivity index (χ0n) is 9.36. The van der Waals surface area contributed by atoms with Crippen molar-refractivity contribution >= 4 is 11.8 Å². The number of aromatic hydroxyl groups is 1. The third kappa shape index (κ3) is 5.09. The summed E-state index contributed by atoms with van der Waals surface area (Å²) >= 11 is 1.71. The zero-order valence-corrected chi connectivity index (χ0v) is 10.2. The van der Waals surface area contributed by atoms with E-state index < -0.39 is 0 Å². The van der Waals surface area contributed by atoms with Gasteiger partial charge in [0, 0.05) is 10.9 Å². The lowest BCUT2D eigenvalue weighted by Gasteiger charge is -2.07. The van der Waals surface area contributed by atoms with E-state index in [4.69, 9.17) is 0 Å². The Kier molecular flexibility index (Phi) is 5.58. The molecular weight excluding hydrogens is 206 g/mol. The molecule has 84 valence electrons. The molecule has 2 N–H and O–H groups in total. The maximum atomic E-state index is 9.52. The van der Waals surface area contributed by atoms with Gasteiger partial charge in [0.05, 0.1) is 0 Å². The summed E-state index contributed by atoms with van der Waals surface area (Å²) in [6.45, 7) is 5.34. The molecule has 1 aromatic rings.